The van der Waals surface area contributed by atoms with Crippen molar-refractivity contribution >= 4 is 0 Å². The fraction of sp³-hybridized carbons (Fsp3) is 0.500. The third-order valence-corrected chi connectivity index (χ3v) is 2.70. The Hall–Kier alpha value is -0.900. The quantitative estimate of drug-likeness (QED) is 0.688. The van der Waals surface area contributed by atoms with Crippen molar-refractivity contribution in [2.24, 2.45) is 5.73 Å². The van der Waals surface area contributed by atoms with Gasteiger partial charge in [0.2, 0.25) is 0 Å². The molecule has 0 heterocycles. The second kappa shape index (κ2) is 5.26. The molecule has 0 saturated heterocycles. The summed E-state index contributed by atoms with van der Waals surface area (Å²) in [5.74, 6) is 0. The lowest BCUT2D eigenvalue weighted by Gasteiger charge is -2.23. The van der Waals surface area contributed by atoms with Crippen LogP contribution in [0.3, 0.4) is 0 Å². The van der Waals surface area contributed by atoms with E-state index in [1.54, 1.807) is 0 Å². The molecule has 2 atom stereocenters. The summed E-state index contributed by atoms with van der Waals surface area (Å²) < 4.78 is 0. The number of nitrogens with two attached hydrogens (primary N) is 1. The van der Waals surface area contributed by atoms with Crippen LogP contribution in [0.2, 0.25) is 0 Å². The van der Waals surface area contributed by atoms with Crippen LogP contribution >= 0.6 is 0 Å². The van der Waals surface area contributed by atoms with Crippen LogP contribution in [0.25, 0.3) is 0 Å². The zero-order chi connectivity index (χ0) is 11.4. The van der Waals surface area contributed by atoms with E-state index < -0.39 is 6.10 Å². The Labute approximate surface area is 91.3 Å². The molecule has 0 aliphatic carbocycles. The van der Waals surface area contributed by atoms with E-state index in [1.165, 1.54) is 11.1 Å². The minimum atomic E-state index is -0.545. The van der Waals surface area contributed by atoms with Gasteiger partial charge >= 0.3 is 0 Å². The highest BCUT2D eigenvalue weighted by molar-refractivity contribution is 5.33. The topological polar surface area (TPSA) is 58.3 Å². The average molecular weight is 208 g/mol. The van der Waals surface area contributed by atoms with Crippen molar-refractivity contribution in [3.63, 3.8) is 0 Å². The first-order valence-corrected chi connectivity index (χ1v) is 5.22. The van der Waals surface area contributed by atoms with E-state index in [9.17, 15) is 5.11 Å². The lowest BCUT2D eigenvalue weighted by atomic mass is 9.95. The molecule has 0 fully saturated rings. The predicted molar refractivity (Wildman–Crippen MR) is 62.8 cm³/mol. The van der Waals surface area contributed by atoms with Gasteiger partial charge in [-0.15, -0.1) is 0 Å². The molecule has 1 aromatic carbocycles. The Morgan fingerprint density at radius 3 is 2.53 bits per heavy atom. The van der Waals surface area contributed by atoms with E-state index in [2.05, 4.69) is 31.3 Å². The summed E-state index contributed by atoms with van der Waals surface area (Å²) in [6.45, 7) is 4.37. The second-order valence-corrected chi connectivity index (χ2v) is 3.93. The molecule has 4 N–H and O–H groups in total. The van der Waals surface area contributed by atoms with Gasteiger partial charge in [-0.3, -0.25) is 0 Å². The molecule has 0 spiro atoms. The lowest BCUT2D eigenvalue weighted by Crippen LogP contribution is -2.35. The van der Waals surface area contributed by atoms with E-state index in [4.69, 9.17) is 5.73 Å². The number of hydrogen-bond acceptors (Lipinski definition) is 3. The van der Waals surface area contributed by atoms with E-state index in [1.807, 2.05) is 13.1 Å². The monoisotopic (exact) mass is 208 g/mol. The summed E-state index contributed by atoms with van der Waals surface area (Å²) >= 11 is 0. The van der Waals surface area contributed by atoms with Crippen molar-refractivity contribution in [3.05, 3.63) is 34.9 Å². The fourth-order valence-electron chi connectivity index (χ4n) is 1.87. The second-order valence-electron chi connectivity index (χ2n) is 3.93. The lowest BCUT2D eigenvalue weighted by molar-refractivity contribution is 0.139. The molecule has 0 bridgehead atoms. The molecule has 0 radical (unpaired) electrons. The Bertz CT molecular complexity index is 325. The molecule has 0 aliphatic heterocycles. The standard InChI is InChI=1S/C12H20N2O/c1-8-4-5-10(9(2)6-8)12(14-3)11(15)7-13/h4-6,11-12,14-15H,7,13H2,1-3H3. The third-order valence-electron chi connectivity index (χ3n) is 2.70. The van der Waals surface area contributed by atoms with Crippen LogP contribution in [-0.2, 0) is 0 Å². The molecule has 3 heteroatoms. The first kappa shape index (κ1) is 12.2. The van der Waals surface area contributed by atoms with Gasteiger partial charge in [0, 0.05) is 6.54 Å². The van der Waals surface area contributed by atoms with Crippen molar-refractivity contribution in [1.29, 1.82) is 0 Å². The number of likely N-dealkylation sites (N-methyl/N-ethyl adjacent to an activating group) is 1. The van der Waals surface area contributed by atoms with Crippen molar-refractivity contribution in [2.45, 2.75) is 26.0 Å². The van der Waals surface area contributed by atoms with Crippen LogP contribution in [0.4, 0.5) is 0 Å². The van der Waals surface area contributed by atoms with Gasteiger partial charge in [-0.2, -0.15) is 0 Å². The van der Waals surface area contributed by atoms with Gasteiger partial charge in [0.25, 0.3) is 0 Å². The van der Waals surface area contributed by atoms with Gasteiger partial charge < -0.3 is 16.2 Å². The molecule has 0 aromatic heterocycles. The molecule has 0 aliphatic rings. The van der Waals surface area contributed by atoms with Gasteiger partial charge in [-0.25, -0.2) is 0 Å². The first-order valence-electron chi connectivity index (χ1n) is 5.22. The molecule has 0 saturated carbocycles. The summed E-state index contributed by atoms with van der Waals surface area (Å²) in [5, 5.41) is 12.9. The highest BCUT2D eigenvalue weighted by Crippen LogP contribution is 2.21. The van der Waals surface area contributed by atoms with Gasteiger partial charge in [0.05, 0.1) is 12.1 Å². The van der Waals surface area contributed by atoms with Gasteiger partial charge in [0.1, 0.15) is 0 Å². The molecule has 3 nitrogen and oxygen atoms in total. The molecule has 1 aromatic rings. The van der Waals surface area contributed by atoms with Crippen molar-refractivity contribution in [2.75, 3.05) is 13.6 Å². The van der Waals surface area contributed by atoms with Crippen molar-refractivity contribution in [1.82, 2.24) is 5.32 Å². The number of aliphatic hydroxyl groups is 1. The summed E-state index contributed by atoms with van der Waals surface area (Å²) in [5.41, 5.74) is 9.00. The smallest absolute Gasteiger partial charge is 0.0856 e. The number of benzene rings is 1. The maximum atomic E-state index is 9.78. The molecule has 0 amide bonds. The Morgan fingerprint density at radius 2 is 2.07 bits per heavy atom. The summed E-state index contributed by atoms with van der Waals surface area (Å²) in [7, 11) is 1.84. The zero-order valence-electron chi connectivity index (χ0n) is 9.62. The summed E-state index contributed by atoms with van der Waals surface area (Å²) in [6.07, 6.45) is -0.545. The number of nitrogens with one attached hydrogen (secondary N) is 1. The maximum Gasteiger partial charge on any atom is 0.0856 e. The normalized spacial score (nSPS) is 15.0. The van der Waals surface area contributed by atoms with Gasteiger partial charge in [-0.1, -0.05) is 23.8 Å². The van der Waals surface area contributed by atoms with Crippen LogP contribution < -0.4 is 11.1 Å². The average Bonchev–Trinajstić information content (AvgIpc) is 2.21. The zero-order valence-corrected chi connectivity index (χ0v) is 9.62. The molecule has 84 valence electrons. The number of aliphatic hydroxyl groups excluding tert-OH is 1. The number of rotatable bonds is 4. The predicted octanol–water partition coefficient (Wildman–Crippen LogP) is 0.884. The summed E-state index contributed by atoms with van der Waals surface area (Å²) in [6, 6.07) is 6.12. The van der Waals surface area contributed by atoms with E-state index in [0.717, 1.165) is 5.56 Å². The molecular weight excluding hydrogens is 188 g/mol. The molecular formula is C12H20N2O. The Morgan fingerprint density at radius 1 is 1.40 bits per heavy atom. The minimum absolute atomic E-state index is 0.0874. The molecule has 15 heavy (non-hydrogen) atoms. The largest absolute Gasteiger partial charge is 0.390 e. The Kier molecular flexibility index (Phi) is 4.27. The molecule has 2 unspecified atom stereocenters. The van der Waals surface area contributed by atoms with Gasteiger partial charge in [-0.05, 0) is 32.0 Å². The Balaban J connectivity index is 3.01. The minimum Gasteiger partial charge on any atom is -0.390 e. The third kappa shape index (κ3) is 2.78. The van der Waals surface area contributed by atoms with Crippen molar-refractivity contribution in [3.8, 4) is 0 Å². The number of hydrogen-bond donors (Lipinski definition) is 3. The SMILES string of the molecule is CNC(c1ccc(C)cc1C)C(O)CN. The van der Waals surface area contributed by atoms with Gasteiger partial charge in [0.15, 0.2) is 0 Å². The number of aryl methyl sites for hydroxylation is 2. The van der Waals surface area contributed by atoms with Crippen LogP contribution in [0, 0.1) is 13.8 Å². The maximum absolute atomic E-state index is 9.78. The van der Waals surface area contributed by atoms with Crippen LogP contribution in [0.5, 0.6) is 0 Å². The van der Waals surface area contributed by atoms with Crippen LogP contribution in [0.1, 0.15) is 22.7 Å². The molecule has 1 rings (SSSR count). The highest BCUT2D eigenvalue weighted by atomic mass is 16.3. The van der Waals surface area contributed by atoms with Crippen LogP contribution in [0.15, 0.2) is 18.2 Å². The van der Waals surface area contributed by atoms with E-state index in [-0.39, 0.29) is 12.6 Å². The van der Waals surface area contributed by atoms with Crippen LogP contribution in [-0.4, -0.2) is 24.8 Å². The fourth-order valence-corrected chi connectivity index (χ4v) is 1.87. The van der Waals surface area contributed by atoms with E-state index in [0.29, 0.717) is 0 Å². The van der Waals surface area contributed by atoms with E-state index >= 15 is 0 Å². The first-order chi connectivity index (χ1) is 7.10. The summed E-state index contributed by atoms with van der Waals surface area (Å²) in [4.78, 5) is 0. The van der Waals surface area contributed by atoms with Crippen molar-refractivity contribution < 1.29 is 5.11 Å². The highest BCUT2D eigenvalue weighted by Gasteiger charge is 2.19.